The number of nitrogens with one attached hydrogen (secondary N) is 2. The predicted molar refractivity (Wildman–Crippen MR) is 112 cm³/mol. The maximum absolute atomic E-state index is 12.5. The summed E-state index contributed by atoms with van der Waals surface area (Å²) in [6.45, 7) is 7.56. The topological polar surface area (TPSA) is 89.1 Å². The molecule has 0 saturated carbocycles. The van der Waals surface area contributed by atoms with E-state index in [1.807, 2.05) is 32.0 Å². The second kappa shape index (κ2) is 8.62. The third kappa shape index (κ3) is 4.28. The van der Waals surface area contributed by atoms with E-state index >= 15 is 0 Å². The average molecular weight is 404 g/mol. The molecule has 1 aliphatic rings. The number of carbonyl (C=O) groups excluding carboxylic acids is 2. The second-order valence-corrected chi connectivity index (χ2v) is 8.21. The molecule has 2 aromatic rings. The molecule has 1 saturated heterocycles. The third-order valence-electron chi connectivity index (χ3n) is 5.19. The number of ether oxygens (including phenoxy) is 1. The molecule has 150 valence electrons. The van der Waals surface area contributed by atoms with Crippen LogP contribution in [0.1, 0.15) is 20.8 Å². The van der Waals surface area contributed by atoms with Gasteiger partial charge in [-0.2, -0.15) is 0 Å². The first kappa shape index (κ1) is 20.2. The molecule has 0 atom stereocenters. The molecule has 8 heteroatoms. The lowest BCUT2D eigenvalue weighted by Gasteiger charge is -2.34. The van der Waals surface area contributed by atoms with Crippen LogP contribution in [0.25, 0.3) is 0 Å². The van der Waals surface area contributed by atoms with Crippen molar-refractivity contribution in [1.82, 2.24) is 0 Å². The van der Waals surface area contributed by atoms with E-state index in [0.29, 0.717) is 17.1 Å². The zero-order valence-corrected chi connectivity index (χ0v) is 17.3. The number of hydrogen-bond acceptors (Lipinski definition) is 5. The smallest absolute Gasteiger partial charge is 0.280 e. The van der Waals surface area contributed by atoms with E-state index in [0.717, 1.165) is 48.1 Å². The number of nitrogens with two attached hydrogens (primary N) is 1. The van der Waals surface area contributed by atoms with E-state index in [4.69, 9.17) is 10.5 Å². The molecular weight excluding hydrogens is 376 g/mol. The summed E-state index contributed by atoms with van der Waals surface area (Å²) in [6, 6.07) is 7.99. The van der Waals surface area contributed by atoms with Gasteiger partial charge < -0.3 is 25.6 Å². The van der Waals surface area contributed by atoms with Gasteiger partial charge in [-0.1, -0.05) is 12.1 Å². The molecule has 2 amide bonds. The fourth-order valence-corrected chi connectivity index (χ4v) is 4.62. The Labute approximate surface area is 169 Å². The van der Waals surface area contributed by atoms with Crippen molar-refractivity contribution in [2.24, 2.45) is 5.73 Å². The van der Waals surface area contributed by atoms with Gasteiger partial charge in [0.25, 0.3) is 11.8 Å². The summed E-state index contributed by atoms with van der Waals surface area (Å²) in [6.07, 6.45) is 0. The highest BCUT2D eigenvalue weighted by atomic mass is 32.1. The Hall–Kier alpha value is -2.58. The van der Waals surface area contributed by atoms with Crippen LogP contribution in [0.5, 0.6) is 5.75 Å². The second-order valence-electron chi connectivity index (χ2n) is 6.99. The maximum atomic E-state index is 12.5. The molecule has 4 N–H and O–H groups in total. The lowest BCUT2D eigenvalue weighted by molar-refractivity contribution is -0.892. The summed E-state index contributed by atoms with van der Waals surface area (Å²) >= 11 is 1.40. The van der Waals surface area contributed by atoms with Gasteiger partial charge in [0.15, 0.2) is 6.54 Å². The zero-order chi connectivity index (χ0) is 20.3. The van der Waals surface area contributed by atoms with Gasteiger partial charge >= 0.3 is 0 Å². The lowest BCUT2D eigenvalue weighted by Crippen LogP contribution is -3.15. The number of carbonyl (C=O) groups is 2. The molecule has 0 spiro atoms. The molecule has 28 heavy (non-hydrogen) atoms. The van der Waals surface area contributed by atoms with Crippen molar-refractivity contribution in [3.8, 4) is 5.75 Å². The molecule has 1 aliphatic heterocycles. The lowest BCUT2D eigenvalue weighted by atomic mass is 10.1. The van der Waals surface area contributed by atoms with Crippen LogP contribution in [-0.2, 0) is 4.79 Å². The van der Waals surface area contributed by atoms with Crippen LogP contribution in [0, 0.1) is 13.8 Å². The fourth-order valence-electron chi connectivity index (χ4n) is 3.54. The summed E-state index contributed by atoms with van der Waals surface area (Å²) in [5, 5.41) is 3.44. The molecule has 0 unspecified atom stereocenters. The number of quaternary nitrogens is 1. The Morgan fingerprint density at radius 2 is 1.93 bits per heavy atom. The Balaban J connectivity index is 1.57. The number of anilines is 2. The summed E-state index contributed by atoms with van der Waals surface area (Å²) < 4.78 is 5.45. The quantitative estimate of drug-likeness (QED) is 0.666. The number of para-hydroxylation sites is 2. The Morgan fingerprint density at radius 1 is 1.25 bits per heavy atom. The number of piperazine rings is 1. The number of thiophene rings is 1. The van der Waals surface area contributed by atoms with Crippen LogP contribution in [0.2, 0.25) is 0 Å². The van der Waals surface area contributed by atoms with Crippen LogP contribution < -0.4 is 25.6 Å². The number of hydrogen-bond donors (Lipinski definition) is 3. The molecule has 1 fully saturated rings. The maximum Gasteiger partial charge on any atom is 0.280 e. The van der Waals surface area contributed by atoms with E-state index in [-0.39, 0.29) is 5.91 Å². The fraction of sp³-hybridized carbons (Fsp3) is 0.400. The number of nitrogens with zero attached hydrogens (tertiary/aromatic N) is 1. The Kier molecular flexibility index (Phi) is 6.21. The number of methoxy groups -OCH3 is 1. The van der Waals surface area contributed by atoms with Crippen molar-refractivity contribution in [1.29, 1.82) is 0 Å². The monoisotopic (exact) mass is 403 g/mol. The van der Waals surface area contributed by atoms with E-state index in [1.165, 1.54) is 16.2 Å². The van der Waals surface area contributed by atoms with Gasteiger partial charge in [0.05, 0.1) is 44.5 Å². The minimum Gasteiger partial charge on any atom is -0.495 e. The molecule has 3 rings (SSSR count). The predicted octanol–water partition coefficient (Wildman–Crippen LogP) is 0.816. The Morgan fingerprint density at radius 3 is 2.57 bits per heavy atom. The van der Waals surface area contributed by atoms with Gasteiger partial charge in [-0.05, 0) is 31.5 Å². The van der Waals surface area contributed by atoms with E-state index < -0.39 is 5.91 Å². The third-order valence-corrected chi connectivity index (χ3v) is 6.31. The first-order valence-electron chi connectivity index (χ1n) is 9.32. The summed E-state index contributed by atoms with van der Waals surface area (Å²) in [5.74, 6) is 0.269. The van der Waals surface area contributed by atoms with Gasteiger partial charge in [0, 0.05) is 4.88 Å². The van der Waals surface area contributed by atoms with Crippen molar-refractivity contribution in [2.45, 2.75) is 13.8 Å². The van der Waals surface area contributed by atoms with Crippen molar-refractivity contribution in [3.05, 3.63) is 40.3 Å². The van der Waals surface area contributed by atoms with E-state index in [2.05, 4.69) is 16.3 Å². The molecule has 1 aromatic carbocycles. The number of aryl methyl sites for hydroxylation is 1. The number of benzene rings is 1. The standard InChI is InChI=1S/C20H26N4O3S/c1-13-14(2)28-20(18(13)19(21)26)22-17(25)12-23-8-10-24(11-9-23)15-6-4-5-7-16(15)27-3/h4-7H,8-12H2,1-3H3,(H2,21,26)(H,22,25)/p+1. The van der Waals surface area contributed by atoms with Crippen molar-refractivity contribution < 1.29 is 19.2 Å². The molecule has 0 bridgehead atoms. The van der Waals surface area contributed by atoms with Crippen LogP contribution >= 0.6 is 11.3 Å². The minimum atomic E-state index is -0.505. The van der Waals surface area contributed by atoms with Gasteiger partial charge in [0.2, 0.25) is 0 Å². The SMILES string of the molecule is COc1ccccc1N1CC[NH+](CC(=O)Nc2sc(C)c(C)c2C(N)=O)CC1. The first-order chi connectivity index (χ1) is 13.4. The summed E-state index contributed by atoms with van der Waals surface area (Å²) in [7, 11) is 1.68. The molecule has 0 radical (unpaired) electrons. The molecule has 1 aromatic heterocycles. The van der Waals surface area contributed by atoms with Crippen molar-refractivity contribution in [2.75, 3.05) is 50.1 Å². The van der Waals surface area contributed by atoms with Crippen LogP contribution in [-0.4, -0.2) is 51.6 Å². The Bertz CT molecular complexity index is 872. The highest BCUT2D eigenvalue weighted by Crippen LogP contribution is 2.32. The molecule has 7 nitrogen and oxygen atoms in total. The number of rotatable bonds is 6. The molecule has 0 aliphatic carbocycles. The van der Waals surface area contributed by atoms with E-state index in [9.17, 15) is 9.59 Å². The van der Waals surface area contributed by atoms with Gasteiger partial charge in [-0.25, -0.2) is 0 Å². The minimum absolute atomic E-state index is 0.0931. The largest absolute Gasteiger partial charge is 0.495 e. The van der Waals surface area contributed by atoms with Crippen molar-refractivity contribution >= 4 is 33.8 Å². The van der Waals surface area contributed by atoms with Crippen LogP contribution in [0.15, 0.2) is 24.3 Å². The normalized spacial score (nSPS) is 14.8. The number of primary amides is 1. The summed E-state index contributed by atoms with van der Waals surface area (Å²) in [4.78, 5) is 28.7. The zero-order valence-electron chi connectivity index (χ0n) is 16.5. The van der Waals surface area contributed by atoms with Crippen LogP contribution in [0.3, 0.4) is 0 Å². The molecular formula is C20H27N4O3S+. The van der Waals surface area contributed by atoms with Gasteiger partial charge in [-0.3, -0.25) is 9.59 Å². The first-order valence-corrected chi connectivity index (χ1v) is 10.1. The summed E-state index contributed by atoms with van der Waals surface area (Å²) in [5.41, 5.74) is 7.83. The van der Waals surface area contributed by atoms with Gasteiger partial charge in [-0.15, -0.1) is 11.3 Å². The van der Waals surface area contributed by atoms with Crippen LogP contribution in [0.4, 0.5) is 10.7 Å². The van der Waals surface area contributed by atoms with E-state index in [1.54, 1.807) is 7.11 Å². The van der Waals surface area contributed by atoms with Crippen molar-refractivity contribution in [3.63, 3.8) is 0 Å². The molecule has 2 heterocycles. The highest BCUT2D eigenvalue weighted by molar-refractivity contribution is 7.16. The highest BCUT2D eigenvalue weighted by Gasteiger charge is 2.25. The average Bonchev–Trinajstić information content (AvgIpc) is 2.95. The van der Waals surface area contributed by atoms with Gasteiger partial charge in [0.1, 0.15) is 10.8 Å². The number of amides is 2.